The summed E-state index contributed by atoms with van der Waals surface area (Å²) in [7, 11) is 3.54. The topological polar surface area (TPSA) is 125 Å². The number of rotatable bonds is 7. The summed E-state index contributed by atoms with van der Waals surface area (Å²) in [6.07, 6.45) is 7.64. The minimum atomic E-state index is -3.99. The second kappa shape index (κ2) is 12.1. The van der Waals surface area contributed by atoms with Gasteiger partial charge in [-0.15, -0.1) is 0 Å². The molecule has 0 saturated heterocycles. The van der Waals surface area contributed by atoms with Crippen molar-refractivity contribution in [2.75, 3.05) is 28.3 Å². The average molecular weight is 646 g/mol. The molecule has 2 aromatic carbocycles. The first-order chi connectivity index (χ1) is 21.9. The molecule has 12 heteroatoms. The van der Waals surface area contributed by atoms with Crippen molar-refractivity contribution in [1.29, 1.82) is 0 Å². The molecule has 0 unspecified atom stereocenters. The number of esters is 1. The summed E-state index contributed by atoms with van der Waals surface area (Å²) in [5, 5.41) is 5.61. The van der Waals surface area contributed by atoms with Crippen LogP contribution in [0.4, 0.5) is 0 Å². The van der Waals surface area contributed by atoms with Gasteiger partial charge in [0.25, 0.3) is 5.91 Å². The largest absolute Gasteiger partial charge is 0.497 e. The number of hydrogen-bond acceptors (Lipinski definition) is 7. The maximum absolute atomic E-state index is 13.3. The van der Waals surface area contributed by atoms with Crippen LogP contribution in [0, 0.1) is 6.92 Å². The number of nitrogens with zero attached hydrogens (tertiary/aromatic N) is 4. The van der Waals surface area contributed by atoms with Gasteiger partial charge in [0.2, 0.25) is 0 Å². The van der Waals surface area contributed by atoms with E-state index < -0.39 is 22.1 Å². The van der Waals surface area contributed by atoms with Gasteiger partial charge in [-0.2, -0.15) is 17.8 Å². The first-order valence-corrected chi connectivity index (χ1v) is 16.8. The molecule has 1 saturated carbocycles. The Morgan fingerprint density at radius 3 is 2.43 bits per heavy atom. The van der Waals surface area contributed by atoms with Crippen LogP contribution in [0.3, 0.4) is 0 Å². The Kier molecular flexibility index (Phi) is 8.28. The van der Waals surface area contributed by atoms with Crippen molar-refractivity contribution in [1.82, 2.24) is 23.4 Å². The number of hydrogen-bond donors (Lipinski definition) is 1. The third-order valence-electron chi connectivity index (χ3n) is 9.17. The van der Waals surface area contributed by atoms with Crippen LogP contribution in [-0.2, 0) is 28.5 Å². The lowest BCUT2D eigenvalue weighted by Gasteiger charge is -2.24. The number of aromatic nitrogens is 3. The fourth-order valence-corrected chi connectivity index (χ4v) is 7.50. The molecule has 1 N–H and O–H groups in total. The number of allylic oxidation sites excluding steroid dienone is 1. The van der Waals surface area contributed by atoms with Gasteiger partial charge in [0.15, 0.2) is 0 Å². The molecule has 1 aliphatic heterocycles. The highest BCUT2D eigenvalue weighted by Crippen LogP contribution is 2.48. The molecule has 46 heavy (non-hydrogen) atoms. The Morgan fingerprint density at radius 2 is 1.76 bits per heavy atom. The molecular formula is C34H39N5O6S. The Balaban J connectivity index is 1.65. The highest BCUT2D eigenvalue weighted by Gasteiger charge is 2.32. The molecule has 4 aromatic rings. The summed E-state index contributed by atoms with van der Waals surface area (Å²) in [6, 6.07) is 11.4. The van der Waals surface area contributed by atoms with Crippen molar-refractivity contribution in [3.8, 4) is 17.0 Å². The van der Waals surface area contributed by atoms with Gasteiger partial charge in [0, 0.05) is 43.2 Å². The number of benzene rings is 2. The van der Waals surface area contributed by atoms with E-state index in [1.165, 1.54) is 33.2 Å². The first-order valence-electron chi connectivity index (χ1n) is 15.4. The van der Waals surface area contributed by atoms with Crippen molar-refractivity contribution in [3.05, 3.63) is 70.0 Å². The number of nitrogens with one attached hydrogen (secondary N) is 1. The molecule has 242 valence electrons. The van der Waals surface area contributed by atoms with E-state index in [0.717, 1.165) is 63.3 Å². The standard InChI is InChI=1S/C34H39N5O6S/c1-20-29(34(41)45-6)31(38(4)35-20)24-16-23-17-25(44-5)13-15-26(23)32-30(21-10-8-7-9-11-21)27-14-12-22(18-28(27)39(32)19-24)33(40)36-46(42,43)37(2)3/h12-18,21H,7-11,19H2,1-6H3,(H,36,40). The molecule has 0 radical (unpaired) electrons. The first kappa shape index (κ1) is 31.6. The number of aryl methyl sites for hydroxylation is 2. The maximum Gasteiger partial charge on any atom is 0.341 e. The second-order valence-electron chi connectivity index (χ2n) is 12.2. The van der Waals surface area contributed by atoms with Gasteiger partial charge < -0.3 is 14.0 Å². The zero-order chi connectivity index (χ0) is 32.9. The van der Waals surface area contributed by atoms with Crippen LogP contribution in [0.2, 0.25) is 0 Å². The lowest BCUT2D eigenvalue weighted by Crippen LogP contribution is -2.39. The highest BCUT2D eigenvalue weighted by atomic mass is 32.2. The summed E-state index contributed by atoms with van der Waals surface area (Å²) >= 11 is 0. The van der Waals surface area contributed by atoms with Crippen LogP contribution in [0.25, 0.3) is 33.8 Å². The van der Waals surface area contributed by atoms with Crippen molar-refractivity contribution in [2.24, 2.45) is 7.05 Å². The zero-order valence-electron chi connectivity index (χ0n) is 27.0. The van der Waals surface area contributed by atoms with E-state index in [2.05, 4.69) is 26.5 Å². The van der Waals surface area contributed by atoms with E-state index in [1.54, 1.807) is 30.8 Å². The van der Waals surface area contributed by atoms with E-state index in [4.69, 9.17) is 9.47 Å². The molecule has 1 fully saturated rings. The minimum Gasteiger partial charge on any atom is -0.497 e. The van der Waals surface area contributed by atoms with Gasteiger partial charge in [-0.3, -0.25) is 9.48 Å². The van der Waals surface area contributed by atoms with E-state index in [9.17, 15) is 18.0 Å². The van der Waals surface area contributed by atoms with Gasteiger partial charge in [0.05, 0.1) is 37.8 Å². The quantitative estimate of drug-likeness (QED) is 0.271. The van der Waals surface area contributed by atoms with E-state index in [0.29, 0.717) is 35.2 Å². The van der Waals surface area contributed by atoms with Crippen molar-refractivity contribution < 1.29 is 27.5 Å². The summed E-state index contributed by atoms with van der Waals surface area (Å²) < 4.78 is 42.9. The predicted molar refractivity (Wildman–Crippen MR) is 177 cm³/mol. The van der Waals surface area contributed by atoms with E-state index in [-0.39, 0.29) is 5.56 Å². The Morgan fingerprint density at radius 1 is 1.02 bits per heavy atom. The van der Waals surface area contributed by atoms with E-state index >= 15 is 0 Å². The SMILES string of the molecule is COC(=O)c1c(C)nn(C)c1C1=Cc2cc(OC)ccc2-c2c(C3CCCCC3)c3ccc(C(=O)NS(=O)(=O)N(C)C)cc3n2C1. The monoisotopic (exact) mass is 645 g/mol. The number of fused-ring (bicyclic) bond motifs is 5. The molecule has 3 heterocycles. The van der Waals surface area contributed by atoms with Gasteiger partial charge in [-0.05, 0) is 78.8 Å². The Labute approximate surface area is 269 Å². The molecule has 1 aliphatic carbocycles. The van der Waals surface area contributed by atoms with Gasteiger partial charge >= 0.3 is 16.2 Å². The minimum absolute atomic E-state index is 0.227. The van der Waals surface area contributed by atoms with Crippen molar-refractivity contribution >= 4 is 44.6 Å². The van der Waals surface area contributed by atoms with Crippen LogP contribution in [0.1, 0.15) is 81.3 Å². The van der Waals surface area contributed by atoms with Crippen LogP contribution >= 0.6 is 0 Å². The number of carbonyl (C=O) groups excluding carboxylic acids is 2. The fourth-order valence-electron chi connectivity index (χ4n) is 6.97. The average Bonchev–Trinajstić information content (AvgIpc) is 3.45. The molecule has 0 spiro atoms. The predicted octanol–water partition coefficient (Wildman–Crippen LogP) is 5.28. The second-order valence-corrected chi connectivity index (χ2v) is 14.1. The molecule has 11 nitrogen and oxygen atoms in total. The molecule has 6 rings (SSSR count). The van der Waals surface area contributed by atoms with Crippen molar-refractivity contribution in [3.63, 3.8) is 0 Å². The van der Waals surface area contributed by atoms with Crippen LogP contribution < -0.4 is 9.46 Å². The third-order valence-corrected chi connectivity index (χ3v) is 10.6. The van der Waals surface area contributed by atoms with Gasteiger partial charge in [0.1, 0.15) is 11.3 Å². The Bertz CT molecular complexity index is 2010. The van der Waals surface area contributed by atoms with Crippen LogP contribution in [-0.4, -0.2) is 67.3 Å². The summed E-state index contributed by atoms with van der Waals surface area (Å²) in [6.45, 7) is 2.15. The zero-order valence-corrected chi connectivity index (χ0v) is 27.8. The lowest BCUT2D eigenvalue weighted by atomic mass is 9.81. The molecule has 1 amide bonds. The smallest absolute Gasteiger partial charge is 0.341 e. The number of amides is 1. The Hall–Kier alpha value is -4.42. The molecule has 0 atom stereocenters. The maximum atomic E-state index is 13.3. The van der Waals surface area contributed by atoms with E-state index in [1.807, 2.05) is 25.2 Å². The van der Waals surface area contributed by atoms with Crippen LogP contribution in [0.5, 0.6) is 5.75 Å². The highest BCUT2D eigenvalue weighted by molar-refractivity contribution is 7.87. The molecule has 2 aliphatic rings. The fraction of sp³-hybridized carbons (Fsp3) is 0.382. The van der Waals surface area contributed by atoms with Crippen molar-refractivity contribution in [2.45, 2.75) is 51.5 Å². The third kappa shape index (κ3) is 5.39. The molecule has 2 aromatic heterocycles. The van der Waals surface area contributed by atoms with Crippen LogP contribution in [0.15, 0.2) is 36.4 Å². The van der Waals surface area contributed by atoms with Gasteiger partial charge in [-0.1, -0.05) is 25.3 Å². The summed E-state index contributed by atoms with van der Waals surface area (Å²) in [5.41, 5.74) is 7.64. The lowest BCUT2D eigenvalue weighted by molar-refractivity contribution is 0.0599. The number of carbonyl (C=O) groups is 2. The van der Waals surface area contributed by atoms with Gasteiger partial charge in [-0.25, -0.2) is 9.52 Å². The molecule has 0 bridgehead atoms. The summed E-state index contributed by atoms with van der Waals surface area (Å²) in [5.74, 6) is -0.177. The number of ether oxygens (including phenoxy) is 2. The normalized spacial score (nSPS) is 15.2. The summed E-state index contributed by atoms with van der Waals surface area (Å²) in [4.78, 5) is 26.4. The number of methoxy groups -OCH3 is 2. The molecular weight excluding hydrogens is 606 g/mol.